The molecule has 0 N–H and O–H groups in total. The van der Waals surface area contributed by atoms with E-state index in [2.05, 4.69) is 46.4 Å². The Morgan fingerprint density at radius 1 is 1.05 bits per heavy atom. The summed E-state index contributed by atoms with van der Waals surface area (Å²) in [5.41, 5.74) is 13.0. The van der Waals surface area contributed by atoms with E-state index in [9.17, 15) is 0 Å². The van der Waals surface area contributed by atoms with Crippen LogP contribution in [-0.4, -0.2) is 0 Å². The predicted molar refractivity (Wildman–Crippen MR) is 77.2 cm³/mol. The van der Waals surface area contributed by atoms with Gasteiger partial charge in [0.05, 0.1) is 0 Å². The molecule has 2 aromatic carbocycles. The van der Waals surface area contributed by atoms with Crippen LogP contribution in [0.3, 0.4) is 0 Å². The molecule has 3 heteroatoms. The lowest BCUT2D eigenvalue weighted by Crippen LogP contribution is -1.97. The summed E-state index contributed by atoms with van der Waals surface area (Å²) in [4.78, 5) is 2.78. The van der Waals surface area contributed by atoms with E-state index in [-0.39, 0.29) is 0 Å². The van der Waals surface area contributed by atoms with Crippen LogP contribution in [0.15, 0.2) is 59.7 Å². The summed E-state index contributed by atoms with van der Waals surface area (Å²) in [6.07, 6.45) is 5.42. The number of benzene rings is 2. The molecular formula is C16H13N3. The molecule has 0 fully saturated rings. The van der Waals surface area contributed by atoms with Gasteiger partial charge in [0.2, 0.25) is 0 Å². The second-order valence-corrected chi connectivity index (χ2v) is 4.65. The van der Waals surface area contributed by atoms with E-state index < -0.39 is 0 Å². The van der Waals surface area contributed by atoms with Gasteiger partial charge in [-0.1, -0.05) is 65.8 Å². The van der Waals surface area contributed by atoms with Gasteiger partial charge < -0.3 is 0 Å². The summed E-state index contributed by atoms with van der Waals surface area (Å²) >= 11 is 0. The average molecular weight is 247 g/mol. The van der Waals surface area contributed by atoms with Crippen LogP contribution in [0.5, 0.6) is 0 Å². The lowest BCUT2D eigenvalue weighted by atomic mass is 9.94. The zero-order valence-electron chi connectivity index (χ0n) is 10.4. The third kappa shape index (κ3) is 2.37. The lowest BCUT2D eigenvalue weighted by Gasteiger charge is -2.11. The van der Waals surface area contributed by atoms with Crippen LogP contribution in [0, 0.1) is 0 Å². The number of hydrogen-bond donors (Lipinski definition) is 0. The maximum atomic E-state index is 8.38. The molecule has 0 spiro atoms. The van der Waals surface area contributed by atoms with E-state index in [0.29, 0.717) is 11.6 Å². The summed E-state index contributed by atoms with van der Waals surface area (Å²) in [5, 5.41) is 3.58. The molecule has 3 nitrogen and oxygen atoms in total. The van der Waals surface area contributed by atoms with Gasteiger partial charge in [-0.15, -0.1) is 0 Å². The number of azide groups is 1. The highest BCUT2D eigenvalue weighted by Crippen LogP contribution is 2.32. The SMILES string of the molecule is [N-]=[N+]=Nc1ccc(CC2C=Cc3ccccc32)cc1. The molecule has 0 bridgehead atoms. The largest absolute Gasteiger partial charge is 0.0760 e. The van der Waals surface area contributed by atoms with Gasteiger partial charge in [0.1, 0.15) is 0 Å². The second-order valence-electron chi connectivity index (χ2n) is 4.65. The van der Waals surface area contributed by atoms with Crippen molar-refractivity contribution in [3.05, 3.63) is 81.7 Å². The molecule has 1 aliphatic rings. The molecule has 1 atom stereocenters. The lowest BCUT2D eigenvalue weighted by molar-refractivity contribution is 0.850. The van der Waals surface area contributed by atoms with Crippen molar-refractivity contribution in [3.63, 3.8) is 0 Å². The van der Waals surface area contributed by atoms with Crippen molar-refractivity contribution in [2.45, 2.75) is 12.3 Å². The van der Waals surface area contributed by atoms with Gasteiger partial charge >= 0.3 is 0 Å². The Labute approximate surface area is 111 Å². The Morgan fingerprint density at radius 3 is 2.63 bits per heavy atom. The average Bonchev–Trinajstić information content (AvgIpc) is 2.85. The van der Waals surface area contributed by atoms with Crippen molar-refractivity contribution in [1.82, 2.24) is 0 Å². The van der Waals surface area contributed by atoms with E-state index in [0.717, 1.165) is 6.42 Å². The van der Waals surface area contributed by atoms with Crippen LogP contribution in [-0.2, 0) is 6.42 Å². The summed E-state index contributed by atoms with van der Waals surface area (Å²) in [6.45, 7) is 0. The van der Waals surface area contributed by atoms with Gasteiger partial charge in [-0.2, -0.15) is 0 Å². The second kappa shape index (κ2) is 5.01. The number of rotatable bonds is 3. The molecule has 0 heterocycles. The molecule has 0 aromatic heterocycles. The zero-order chi connectivity index (χ0) is 13.1. The van der Waals surface area contributed by atoms with Gasteiger partial charge in [0.15, 0.2) is 0 Å². The number of fused-ring (bicyclic) bond motifs is 1. The molecule has 1 unspecified atom stereocenters. The Morgan fingerprint density at radius 2 is 1.84 bits per heavy atom. The normalized spacial score (nSPS) is 15.9. The van der Waals surface area contributed by atoms with Gasteiger partial charge in [0.25, 0.3) is 0 Å². The molecule has 0 aliphatic heterocycles. The third-order valence-electron chi connectivity index (χ3n) is 3.46. The van der Waals surface area contributed by atoms with Crippen LogP contribution >= 0.6 is 0 Å². The molecule has 19 heavy (non-hydrogen) atoms. The number of hydrogen-bond acceptors (Lipinski definition) is 1. The Bertz CT molecular complexity index is 665. The first-order chi connectivity index (χ1) is 9.36. The highest BCUT2D eigenvalue weighted by atomic mass is 15.1. The van der Waals surface area contributed by atoms with Gasteiger partial charge in [-0.05, 0) is 28.6 Å². The molecule has 2 aromatic rings. The molecule has 3 rings (SSSR count). The van der Waals surface area contributed by atoms with Crippen LogP contribution < -0.4 is 0 Å². The Balaban J connectivity index is 1.80. The van der Waals surface area contributed by atoms with Gasteiger partial charge in [-0.25, -0.2) is 0 Å². The topological polar surface area (TPSA) is 48.8 Å². The number of allylic oxidation sites excluding steroid dienone is 1. The van der Waals surface area contributed by atoms with Crippen LogP contribution in [0.1, 0.15) is 22.6 Å². The molecule has 0 amide bonds. The minimum atomic E-state index is 0.446. The van der Waals surface area contributed by atoms with Crippen molar-refractivity contribution in [1.29, 1.82) is 0 Å². The summed E-state index contributed by atoms with van der Waals surface area (Å²) in [6, 6.07) is 16.3. The maximum Gasteiger partial charge on any atom is 0.0375 e. The minimum absolute atomic E-state index is 0.446. The summed E-state index contributed by atoms with van der Waals surface area (Å²) in [5.74, 6) is 0.446. The molecule has 1 aliphatic carbocycles. The van der Waals surface area contributed by atoms with E-state index in [1.807, 2.05) is 24.3 Å². The van der Waals surface area contributed by atoms with Crippen molar-refractivity contribution in [3.8, 4) is 0 Å². The van der Waals surface area contributed by atoms with E-state index in [4.69, 9.17) is 5.53 Å². The molecular weight excluding hydrogens is 234 g/mol. The van der Waals surface area contributed by atoms with Gasteiger partial charge in [0, 0.05) is 16.5 Å². The highest BCUT2D eigenvalue weighted by Gasteiger charge is 2.16. The first kappa shape index (κ1) is 11.6. The zero-order valence-corrected chi connectivity index (χ0v) is 10.4. The van der Waals surface area contributed by atoms with Crippen molar-refractivity contribution in [2.24, 2.45) is 5.11 Å². The fourth-order valence-electron chi connectivity index (χ4n) is 2.51. The predicted octanol–water partition coefficient (Wildman–Crippen LogP) is 4.98. The maximum absolute atomic E-state index is 8.38. The van der Waals surface area contributed by atoms with E-state index in [1.54, 1.807) is 0 Å². The quantitative estimate of drug-likeness (QED) is 0.417. The standard InChI is InChI=1S/C16H13N3/c17-19-18-15-9-5-12(6-10-15)11-14-8-7-13-3-1-2-4-16(13)14/h1-10,14H,11H2. The van der Waals surface area contributed by atoms with E-state index in [1.165, 1.54) is 16.7 Å². The van der Waals surface area contributed by atoms with Crippen molar-refractivity contribution in [2.75, 3.05) is 0 Å². The monoisotopic (exact) mass is 247 g/mol. The van der Waals surface area contributed by atoms with Gasteiger partial charge in [-0.3, -0.25) is 0 Å². The van der Waals surface area contributed by atoms with E-state index >= 15 is 0 Å². The van der Waals surface area contributed by atoms with Crippen molar-refractivity contribution >= 4 is 11.8 Å². The fraction of sp³-hybridized carbons (Fsp3) is 0.125. The first-order valence-electron chi connectivity index (χ1n) is 6.28. The smallest absolute Gasteiger partial charge is 0.0375 e. The first-order valence-corrected chi connectivity index (χ1v) is 6.28. The highest BCUT2D eigenvalue weighted by molar-refractivity contribution is 5.62. The van der Waals surface area contributed by atoms with Crippen LogP contribution in [0.4, 0.5) is 5.69 Å². The molecule has 92 valence electrons. The summed E-state index contributed by atoms with van der Waals surface area (Å²) < 4.78 is 0. The molecule has 0 saturated heterocycles. The summed E-state index contributed by atoms with van der Waals surface area (Å²) in [7, 11) is 0. The van der Waals surface area contributed by atoms with Crippen molar-refractivity contribution < 1.29 is 0 Å². The minimum Gasteiger partial charge on any atom is -0.0760 e. The Hall–Kier alpha value is -2.51. The van der Waals surface area contributed by atoms with Crippen LogP contribution in [0.25, 0.3) is 16.5 Å². The molecule has 0 saturated carbocycles. The number of nitrogens with zero attached hydrogens (tertiary/aromatic N) is 3. The molecule has 0 radical (unpaired) electrons. The fourth-order valence-corrected chi connectivity index (χ4v) is 2.51. The van der Waals surface area contributed by atoms with Crippen LogP contribution in [0.2, 0.25) is 0 Å². The third-order valence-corrected chi connectivity index (χ3v) is 3.46. The Kier molecular flexibility index (Phi) is 3.05.